The summed E-state index contributed by atoms with van der Waals surface area (Å²) >= 11 is 0. The molecule has 0 aromatic carbocycles. The van der Waals surface area contributed by atoms with Gasteiger partial charge < -0.3 is 9.64 Å². The number of ether oxygens (including phenoxy) is 1. The number of aromatic nitrogens is 1. The maximum absolute atomic E-state index is 12.6. The minimum Gasteiger partial charge on any atom is -0.375 e. The van der Waals surface area contributed by atoms with Crippen LogP contribution in [0.5, 0.6) is 0 Å². The van der Waals surface area contributed by atoms with Crippen molar-refractivity contribution in [2.24, 2.45) is 0 Å². The first-order valence-electron chi connectivity index (χ1n) is 9.49. The lowest BCUT2D eigenvalue weighted by atomic mass is 9.95. The first-order chi connectivity index (χ1) is 12.1. The van der Waals surface area contributed by atoms with Gasteiger partial charge in [0.05, 0.1) is 12.2 Å². The average Bonchev–Trinajstić information content (AvgIpc) is 3.14. The third kappa shape index (κ3) is 3.68. The fourth-order valence-corrected chi connectivity index (χ4v) is 5.25. The molecule has 0 unspecified atom stereocenters. The zero-order valence-corrected chi connectivity index (χ0v) is 15.5. The van der Waals surface area contributed by atoms with Crippen molar-refractivity contribution in [2.75, 3.05) is 31.1 Å². The molecule has 3 fully saturated rings. The van der Waals surface area contributed by atoms with E-state index in [1.807, 2.05) is 6.07 Å². The Morgan fingerprint density at radius 3 is 2.16 bits per heavy atom. The van der Waals surface area contributed by atoms with Gasteiger partial charge in [-0.3, -0.25) is 0 Å². The van der Waals surface area contributed by atoms with Gasteiger partial charge in [-0.15, -0.1) is 0 Å². The normalized spacial score (nSPS) is 23.8. The van der Waals surface area contributed by atoms with Crippen LogP contribution in [0.25, 0.3) is 0 Å². The maximum atomic E-state index is 12.6. The number of pyridine rings is 1. The largest absolute Gasteiger partial charge is 0.375 e. The molecule has 6 nitrogen and oxygen atoms in total. The summed E-state index contributed by atoms with van der Waals surface area (Å²) in [6.07, 6.45) is 10.0. The van der Waals surface area contributed by atoms with Gasteiger partial charge >= 0.3 is 0 Å². The predicted octanol–water partition coefficient (Wildman–Crippen LogP) is 2.40. The van der Waals surface area contributed by atoms with Crippen LogP contribution in [0.1, 0.15) is 44.9 Å². The maximum Gasteiger partial charge on any atom is 0.244 e. The minimum absolute atomic E-state index is 0.307. The van der Waals surface area contributed by atoms with Crippen LogP contribution >= 0.6 is 0 Å². The lowest BCUT2D eigenvalue weighted by molar-refractivity contribution is -0.0596. The van der Waals surface area contributed by atoms with Crippen LogP contribution in [0.4, 0.5) is 5.82 Å². The second kappa shape index (κ2) is 7.21. The van der Waals surface area contributed by atoms with Gasteiger partial charge in [0, 0.05) is 32.4 Å². The van der Waals surface area contributed by atoms with E-state index in [4.69, 9.17) is 4.74 Å². The molecule has 1 aliphatic carbocycles. The summed E-state index contributed by atoms with van der Waals surface area (Å²) in [4.78, 5) is 6.97. The molecule has 1 aromatic rings. The van der Waals surface area contributed by atoms with Gasteiger partial charge in [0.25, 0.3) is 0 Å². The van der Waals surface area contributed by atoms with Gasteiger partial charge in [-0.25, -0.2) is 13.4 Å². The molecule has 25 heavy (non-hydrogen) atoms. The van der Waals surface area contributed by atoms with Gasteiger partial charge in [0.1, 0.15) is 10.7 Å². The highest BCUT2D eigenvalue weighted by molar-refractivity contribution is 7.89. The Hall–Kier alpha value is -1.18. The average molecular weight is 365 g/mol. The first kappa shape index (κ1) is 17.2. The third-order valence-electron chi connectivity index (χ3n) is 5.63. The van der Waals surface area contributed by atoms with Crippen LogP contribution in [0.3, 0.4) is 0 Å². The molecule has 1 aromatic heterocycles. The fourth-order valence-electron chi connectivity index (χ4n) is 3.79. The van der Waals surface area contributed by atoms with Gasteiger partial charge in [-0.1, -0.05) is 0 Å². The summed E-state index contributed by atoms with van der Waals surface area (Å²) in [5, 5.41) is 0. The lowest BCUT2D eigenvalue weighted by Crippen LogP contribution is -2.40. The summed E-state index contributed by atoms with van der Waals surface area (Å²) in [5.41, 5.74) is 0. The van der Waals surface area contributed by atoms with Gasteiger partial charge in [-0.05, 0) is 57.1 Å². The van der Waals surface area contributed by atoms with E-state index in [0.717, 1.165) is 44.6 Å². The van der Waals surface area contributed by atoms with Crippen molar-refractivity contribution in [3.05, 3.63) is 18.3 Å². The van der Waals surface area contributed by atoms with Crippen LogP contribution in [-0.4, -0.2) is 56.1 Å². The highest BCUT2D eigenvalue weighted by atomic mass is 32.2. The zero-order chi connectivity index (χ0) is 17.3. The zero-order valence-electron chi connectivity index (χ0n) is 14.6. The van der Waals surface area contributed by atoms with E-state index < -0.39 is 10.0 Å². The first-order valence-corrected chi connectivity index (χ1v) is 10.9. The highest BCUT2D eigenvalue weighted by Gasteiger charge is 2.29. The SMILES string of the molecule is O=S(=O)(c1ccc(N2CCC(OC3CCC3)CC2)nc1)N1CCCC1. The van der Waals surface area contributed by atoms with Crippen molar-refractivity contribution < 1.29 is 13.2 Å². The topological polar surface area (TPSA) is 62.7 Å². The van der Waals surface area contributed by atoms with E-state index in [0.29, 0.717) is 30.2 Å². The van der Waals surface area contributed by atoms with E-state index in [9.17, 15) is 8.42 Å². The summed E-state index contributed by atoms with van der Waals surface area (Å²) in [6.45, 7) is 3.09. The molecule has 0 atom stereocenters. The van der Waals surface area contributed by atoms with E-state index in [2.05, 4.69) is 9.88 Å². The second-order valence-electron chi connectivity index (χ2n) is 7.34. The number of sulfonamides is 1. The van der Waals surface area contributed by atoms with Crippen LogP contribution in [0.2, 0.25) is 0 Å². The summed E-state index contributed by atoms with van der Waals surface area (Å²) < 4.78 is 32.8. The van der Waals surface area contributed by atoms with E-state index >= 15 is 0 Å². The molecule has 0 spiro atoms. The second-order valence-corrected chi connectivity index (χ2v) is 9.28. The van der Waals surface area contributed by atoms with E-state index in [1.165, 1.54) is 25.5 Å². The summed E-state index contributed by atoms with van der Waals surface area (Å²) in [7, 11) is -3.37. The quantitative estimate of drug-likeness (QED) is 0.802. The Morgan fingerprint density at radius 1 is 0.920 bits per heavy atom. The van der Waals surface area contributed by atoms with Crippen molar-refractivity contribution in [3.63, 3.8) is 0 Å². The number of anilines is 1. The van der Waals surface area contributed by atoms with Crippen LogP contribution in [0, 0.1) is 0 Å². The van der Waals surface area contributed by atoms with Crippen LogP contribution < -0.4 is 4.90 Å². The number of rotatable bonds is 5. The van der Waals surface area contributed by atoms with Crippen molar-refractivity contribution in [1.82, 2.24) is 9.29 Å². The molecule has 138 valence electrons. The Kier molecular flexibility index (Phi) is 4.97. The molecule has 3 aliphatic rings. The number of nitrogens with zero attached hydrogens (tertiary/aromatic N) is 3. The molecule has 7 heteroatoms. The van der Waals surface area contributed by atoms with Crippen molar-refractivity contribution in [3.8, 4) is 0 Å². The molecule has 4 rings (SSSR count). The lowest BCUT2D eigenvalue weighted by Gasteiger charge is -2.36. The number of piperidine rings is 1. The molecule has 0 amide bonds. The fraction of sp³-hybridized carbons (Fsp3) is 0.722. The number of hydrogen-bond acceptors (Lipinski definition) is 5. The smallest absolute Gasteiger partial charge is 0.244 e. The van der Waals surface area contributed by atoms with E-state index in [1.54, 1.807) is 10.4 Å². The van der Waals surface area contributed by atoms with Gasteiger partial charge in [-0.2, -0.15) is 4.31 Å². The Labute approximate surface area is 150 Å². The van der Waals surface area contributed by atoms with E-state index in [-0.39, 0.29) is 0 Å². The third-order valence-corrected chi connectivity index (χ3v) is 7.51. The number of hydrogen-bond donors (Lipinski definition) is 0. The molecule has 2 aliphatic heterocycles. The van der Waals surface area contributed by atoms with Crippen LogP contribution in [0.15, 0.2) is 23.2 Å². The predicted molar refractivity (Wildman–Crippen MR) is 96.2 cm³/mol. The molecule has 3 heterocycles. The summed E-state index contributed by atoms with van der Waals surface area (Å²) in [6, 6.07) is 3.54. The minimum atomic E-state index is -3.37. The van der Waals surface area contributed by atoms with Gasteiger partial charge in [0.2, 0.25) is 10.0 Å². The molecule has 0 bridgehead atoms. The molecule has 2 saturated heterocycles. The monoisotopic (exact) mass is 365 g/mol. The van der Waals surface area contributed by atoms with Crippen molar-refractivity contribution >= 4 is 15.8 Å². The van der Waals surface area contributed by atoms with Crippen molar-refractivity contribution in [1.29, 1.82) is 0 Å². The molecule has 0 radical (unpaired) electrons. The Balaban J connectivity index is 1.36. The Morgan fingerprint density at radius 2 is 1.60 bits per heavy atom. The molecular formula is C18H27N3O3S. The van der Waals surface area contributed by atoms with Crippen molar-refractivity contribution in [2.45, 2.75) is 62.0 Å². The van der Waals surface area contributed by atoms with Crippen LogP contribution in [-0.2, 0) is 14.8 Å². The summed E-state index contributed by atoms with van der Waals surface area (Å²) in [5.74, 6) is 0.863. The molecule has 1 saturated carbocycles. The molecule has 0 N–H and O–H groups in total. The van der Waals surface area contributed by atoms with Gasteiger partial charge in [0.15, 0.2) is 0 Å². The Bertz CT molecular complexity index is 674. The standard InChI is InChI=1S/C18H27N3O3S/c22-25(23,21-10-1-2-11-21)17-6-7-18(19-14-17)20-12-8-16(9-13-20)24-15-4-3-5-15/h6-7,14-16H,1-5,8-13H2. The highest BCUT2D eigenvalue weighted by Crippen LogP contribution is 2.28. The molecular weight excluding hydrogens is 338 g/mol.